The van der Waals surface area contributed by atoms with Gasteiger partial charge in [-0.15, -0.1) is 0 Å². The SMILES string of the molecule is O=C(O)C1=C(c2ccccc2)OC(c2ccccc2)N1. The number of benzene rings is 2. The maximum Gasteiger partial charge on any atom is 0.356 e. The average Bonchev–Trinajstić information content (AvgIpc) is 2.94. The molecule has 0 fully saturated rings. The van der Waals surface area contributed by atoms with Gasteiger partial charge in [-0.2, -0.15) is 0 Å². The molecule has 0 saturated carbocycles. The van der Waals surface area contributed by atoms with E-state index in [4.69, 9.17) is 4.74 Å². The van der Waals surface area contributed by atoms with Gasteiger partial charge in [-0.25, -0.2) is 4.79 Å². The van der Waals surface area contributed by atoms with E-state index in [1.54, 1.807) is 0 Å². The van der Waals surface area contributed by atoms with E-state index >= 15 is 0 Å². The number of rotatable bonds is 3. The van der Waals surface area contributed by atoms with Crippen LogP contribution in [0.1, 0.15) is 17.4 Å². The summed E-state index contributed by atoms with van der Waals surface area (Å²) < 4.78 is 5.80. The number of nitrogens with one attached hydrogen (secondary N) is 1. The summed E-state index contributed by atoms with van der Waals surface area (Å²) in [5.74, 6) is -0.658. The Hall–Kier alpha value is -2.75. The maximum atomic E-state index is 11.4. The fraction of sp³-hybridized carbons (Fsp3) is 0.0625. The first-order valence-corrected chi connectivity index (χ1v) is 6.27. The van der Waals surface area contributed by atoms with E-state index in [1.807, 2.05) is 60.7 Å². The Labute approximate surface area is 116 Å². The van der Waals surface area contributed by atoms with Crippen molar-refractivity contribution >= 4 is 11.7 Å². The van der Waals surface area contributed by atoms with Crippen LogP contribution in [0.3, 0.4) is 0 Å². The standard InChI is InChI=1S/C16H13NO3/c18-16(19)13-14(11-7-3-1-4-8-11)20-15(17-13)12-9-5-2-6-10-12/h1-10,15,17H,(H,18,19). The molecule has 1 aliphatic heterocycles. The van der Waals surface area contributed by atoms with Crippen LogP contribution in [0.4, 0.5) is 0 Å². The Morgan fingerprint density at radius 2 is 1.60 bits per heavy atom. The lowest BCUT2D eigenvalue weighted by Gasteiger charge is -2.13. The molecule has 1 atom stereocenters. The lowest BCUT2D eigenvalue weighted by Crippen LogP contribution is -2.20. The predicted molar refractivity (Wildman–Crippen MR) is 74.4 cm³/mol. The Bertz CT molecular complexity index is 650. The van der Waals surface area contributed by atoms with Crippen molar-refractivity contribution in [2.24, 2.45) is 0 Å². The summed E-state index contributed by atoms with van der Waals surface area (Å²) in [6, 6.07) is 18.7. The van der Waals surface area contributed by atoms with Gasteiger partial charge in [-0.05, 0) is 0 Å². The van der Waals surface area contributed by atoms with E-state index in [1.165, 1.54) is 0 Å². The third-order valence-corrected chi connectivity index (χ3v) is 3.09. The van der Waals surface area contributed by atoms with Gasteiger partial charge in [0.15, 0.2) is 17.7 Å². The molecule has 0 bridgehead atoms. The van der Waals surface area contributed by atoms with Crippen molar-refractivity contribution < 1.29 is 14.6 Å². The molecule has 20 heavy (non-hydrogen) atoms. The smallest absolute Gasteiger partial charge is 0.356 e. The van der Waals surface area contributed by atoms with Gasteiger partial charge >= 0.3 is 5.97 Å². The van der Waals surface area contributed by atoms with E-state index in [0.717, 1.165) is 11.1 Å². The summed E-state index contributed by atoms with van der Waals surface area (Å²) in [6.07, 6.45) is -0.475. The van der Waals surface area contributed by atoms with Gasteiger partial charge in [0.25, 0.3) is 0 Å². The summed E-state index contributed by atoms with van der Waals surface area (Å²) in [4.78, 5) is 11.4. The van der Waals surface area contributed by atoms with E-state index < -0.39 is 12.2 Å². The second-order valence-corrected chi connectivity index (χ2v) is 4.43. The molecule has 0 aromatic heterocycles. The Kier molecular flexibility index (Phi) is 3.13. The molecule has 1 aliphatic rings. The molecule has 0 spiro atoms. The molecular weight excluding hydrogens is 254 g/mol. The van der Waals surface area contributed by atoms with Crippen LogP contribution in [-0.2, 0) is 9.53 Å². The van der Waals surface area contributed by atoms with Crippen LogP contribution >= 0.6 is 0 Å². The Morgan fingerprint density at radius 1 is 1.00 bits per heavy atom. The van der Waals surface area contributed by atoms with Crippen LogP contribution in [0, 0.1) is 0 Å². The van der Waals surface area contributed by atoms with E-state index in [-0.39, 0.29) is 5.70 Å². The molecule has 1 unspecified atom stereocenters. The van der Waals surface area contributed by atoms with Crippen molar-refractivity contribution in [2.45, 2.75) is 6.23 Å². The van der Waals surface area contributed by atoms with Gasteiger partial charge in [-0.1, -0.05) is 60.7 Å². The molecule has 1 heterocycles. The van der Waals surface area contributed by atoms with Gasteiger partial charge in [0.05, 0.1) is 0 Å². The van der Waals surface area contributed by atoms with Crippen LogP contribution in [0.25, 0.3) is 5.76 Å². The zero-order valence-corrected chi connectivity index (χ0v) is 10.6. The fourth-order valence-electron chi connectivity index (χ4n) is 2.14. The van der Waals surface area contributed by atoms with Crippen LogP contribution in [0.15, 0.2) is 66.4 Å². The average molecular weight is 267 g/mol. The highest BCUT2D eigenvalue weighted by molar-refractivity contribution is 5.95. The Balaban J connectivity index is 1.95. The first-order chi connectivity index (χ1) is 9.75. The summed E-state index contributed by atoms with van der Waals surface area (Å²) in [6.45, 7) is 0. The quantitative estimate of drug-likeness (QED) is 0.897. The number of hydrogen-bond donors (Lipinski definition) is 2. The van der Waals surface area contributed by atoms with Crippen molar-refractivity contribution in [3.05, 3.63) is 77.5 Å². The molecule has 0 aliphatic carbocycles. The first-order valence-electron chi connectivity index (χ1n) is 6.27. The fourth-order valence-corrected chi connectivity index (χ4v) is 2.14. The molecular formula is C16H13NO3. The van der Waals surface area contributed by atoms with Crippen LogP contribution in [-0.4, -0.2) is 11.1 Å². The molecule has 2 aromatic rings. The summed E-state index contributed by atoms with van der Waals surface area (Å²) >= 11 is 0. The zero-order chi connectivity index (χ0) is 13.9. The molecule has 3 rings (SSSR count). The highest BCUT2D eigenvalue weighted by Crippen LogP contribution is 2.33. The molecule has 2 N–H and O–H groups in total. The van der Waals surface area contributed by atoms with Crippen LogP contribution < -0.4 is 5.32 Å². The minimum absolute atomic E-state index is 0.0880. The lowest BCUT2D eigenvalue weighted by atomic mass is 10.1. The lowest BCUT2D eigenvalue weighted by molar-refractivity contribution is -0.133. The third-order valence-electron chi connectivity index (χ3n) is 3.09. The summed E-state index contributed by atoms with van der Waals surface area (Å²) in [5, 5.41) is 12.2. The van der Waals surface area contributed by atoms with Crippen molar-refractivity contribution in [2.75, 3.05) is 0 Å². The number of carboxylic acids is 1. The van der Waals surface area contributed by atoms with Crippen LogP contribution in [0.2, 0.25) is 0 Å². The third kappa shape index (κ3) is 2.23. The second kappa shape index (κ2) is 5.09. The van der Waals surface area contributed by atoms with E-state index in [2.05, 4.69) is 5.32 Å². The van der Waals surface area contributed by atoms with Crippen molar-refractivity contribution in [1.82, 2.24) is 5.32 Å². The highest BCUT2D eigenvalue weighted by atomic mass is 16.5. The van der Waals surface area contributed by atoms with Crippen molar-refractivity contribution in [3.63, 3.8) is 0 Å². The van der Waals surface area contributed by atoms with Crippen molar-refractivity contribution in [1.29, 1.82) is 0 Å². The Morgan fingerprint density at radius 3 is 2.20 bits per heavy atom. The second-order valence-electron chi connectivity index (χ2n) is 4.43. The zero-order valence-electron chi connectivity index (χ0n) is 10.6. The molecule has 0 amide bonds. The van der Waals surface area contributed by atoms with E-state index in [0.29, 0.717) is 5.76 Å². The first kappa shape index (κ1) is 12.3. The topological polar surface area (TPSA) is 58.6 Å². The number of carbonyl (C=O) groups is 1. The summed E-state index contributed by atoms with van der Waals surface area (Å²) in [7, 11) is 0. The molecule has 4 nitrogen and oxygen atoms in total. The highest BCUT2D eigenvalue weighted by Gasteiger charge is 2.30. The number of aliphatic carboxylic acids is 1. The number of hydrogen-bond acceptors (Lipinski definition) is 3. The number of ether oxygens (including phenoxy) is 1. The molecule has 4 heteroatoms. The van der Waals surface area contributed by atoms with Gasteiger partial charge in [0.1, 0.15) is 0 Å². The maximum absolute atomic E-state index is 11.4. The molecule has 0 radical (unpaired) electrons. The van der Waals surface area contributed by atoms with Crippen LogP contribution in [0.5, 0.6) is 0 Å². The van der Waals surface area contributed by atoms with E-state index in [9.17, 15) is 9.90 Å². The van der Waals surface area contributed by atoms with Gasteiger partial charge in [0, 0.05) is 11.1 Å². The largest absolute Gasteiger partial charge is 0.476 e. The van der Waals surface area contributed by atoms with Gasteiger partial charge in [0.2, 0.25) is 0 Å². The monoisotopic (exact) mass is 267 g/mol. The summed E-state index contributed by atoms with van der Waals surface area (Å²) in [5.41, 5.74) is 1.72. The number of carboxylic acid groups (broad SMARTS) is 1. The molecule has 0 saturated heterocycles. The normalized spacial score (nSPS) is 17.5. The predicted octanol–water partition coefficient (Wildman–Crippen LogP) is 2.76. The van der Waals surface area contributed by atoms with Gasteiger partial charge < -0.3 is 15.2 Å². The minimum atomic E-state index is -1.03. The molecule has 2 aromatic carbocycles. The van der Waals surface area contributed by atoms with Crippen molar-refractivity contribution in [3.8, 4) is 0 Å². The van der Waals surface area contributed by atoms with Gasteiger partial charge in [-0.3, -0.25) is 0 Å². The minimum Gasteiger partial charge on any atom is -0.476 e. The molecule has 100 valence electrons.